The van der Waals surface area contributed by atoms with E-state index >= 15 is 0 Å². The molecule has 1 aliphatic heterocycles. The van der Waals surface area contributed by atoms with Gasteiger partial charge in [0.2, 0.25) is 0 Å². The molecule has 1 unspecified atom stereocenters. The molecule has 2 nitrogen and oxygen atoms in total. The number of benzene rings is 1. The summed E-state index contributed by atoms with van der Waals surface area (Å²) in [4.78, 5) is 3.32. The Morgan fingerprint density at radius 3 is 3.00 bits per heavy atom. The summed E-state index contributed by atoms with van der Waals surface area (Å²) in [6.07, 6.45) is 0. The Morgan fingerprint density at radius 2 is 2.38 bits per heavy atom. The van der Waals surface area contributed by atoms with Crippen LogP contribution in [-0.2, 0) is 0 Å². The van der Waals surface area contributed by atoms with Crippen LogP contribution in [0.4, 0.5) is 5.69 Å². The summed E-state index contributed by atoms with van der Waals surface area (Å²) in [5.41, 5.74) is 1.02. The van der Waals surface area contributed by atoms with Gasteiger partial charge in [0, 0.05) is 16.4 Å². The van der Waals surface area contributed by atoms with Gasteiger partial charge >= 0.3 is 5.17 Å². The van der Waals surface area contributed by atoms with Crippen LogP contribution in [0.2, 0.25) is 5.02 Å². The van der Waals surface area contributed by atoms with Gasteiger partial charge in [0.1, 0.15) is 5.69 Å². The van der Waals surface area contributed by atoms with E-state index in [4.69, 9.17) is 11.6 Å². The average Bonchev–Trinajstić information content (AvgIpc) is 2.65. The van der Waals surface area contributed by atoms with Crippen LogP contribution in [0, 0.1) is 0 Å². The highest BCUT2D eigenvalue weighted by Gasteiger charge is 2.23. The van der Waals surface area contributed by atoms with Crippen LogP contribution >= 0.6 is 39.3 Å². The summed E-state index contributed by atoms with van der Waals surface area (Å²) >= 11 is 11.2. The van der Waals surface area contributed by atoms with E-state index in [-0.39, 0.29) is 17.0 Å². The Balaban J connectivity index is 0.00000128. The lowest BCUT2D eigenvalue weighted by Crippen LogP contribution is -3.00. The zero-order valence-electron chi connectivity index (χ0n) is 8.34. The minimum atomic E-state index is 0. The first kappa shape index (κ1) is 14.4. The molecule has 0 aliphatic carbocycles. The summed E-state index contributed by atoms with van der Waals surface area (Å²) in [6.45, 7) is 0.999. The second kappa shape index (κ2) is 6.89. The lowest BCUT2D eigenvalue weighted by atomic mass is 10.3. The predicted octanol–water partition coefficient (Wildman–Crippen LogP) is -1.30. The molecule has 88 valence electrons. The van der Waals surface area contributed by atoms with Gasteiger partial charge < -0.3 is 17.0 Å². The quantitative estimate of drug-likeness (QED) is 0.619. The van der Waals surface area contributed by atoms with E-state index in [1.807, 2.05) is 36.0 Å². The van der Waals surface area contributed by atoms with E-state index in [1.165, 1.54) is 0 Å². The van der Waals surface area contributed by atoms with Crippen molar-refractivity contribution in [3.63, 3.8) is 0 Å². The molecule has 0 saturated carbocycles. The highest BCUT2D eigenvalue weighted by molar-refractivity contribution is 9.09. The first-order valence-corrected chi connectivity index (χ1v) is 7.02. The molecule has 0 spiro atoms. The molecule has 1 atom stereocenters. The van der Waals surface area contributed by atoms with Gasteiger partial charge in [-0.2, -0.15) is 0 Å². The van der Waals surface area contributed by atoms with Crippen LogP contribution in [0.1, 0.15) is 0 Å². The normalized spacial score (nSPS) is 18.9. The second-order valence-electron chi connectivity index (χ2n) is 3.24. The SMILES string of the molecule is Clc1cccc(NC2=[NH+]CC(CBr)S2)c1.[Br-]. The standard InChI is InChI=1S/C10H10BrClN2S.BrH/c11-5-9-6-13-10(15-9)14-8-3-1-2-7(12)4-8;/h1-4,9H,5-6H2,(H,13,14);1H. The van der Waals surface area contributed by atoms with Gasteiger partial charge in [-0.3, -0.25) is 4.99 Å². The maximum absolute atomic E-state index is 5.90. The third kappa shape index (κ3) is 3.95. The number of alkyl halides is 1. The fourth-order valence-electron chi connectivity index (χ4n) is 1.31. The molecule has 1 aromatic rings. The number of amidine groups is 1. The smallest absolute Gasteiger partial charge is 0.309 e. The molecule has 0 radical (unpaired) electrons. The number of rotatable bonds is 2. The van der Waals surface area contributed by atoms with Crippen LogP contribution in [-0.4, -0.2) is 22.3 Å². The van der Waals surface area contributed by atoms with E-state index in [0.717, 1.165) is 27.8 Å². The van der Waals surface area contributed by atoms with Gasteiger partial charge in [-0.1, -0.05) is 33.6 Å². The molecule has 0 bridgehead atoms. The minimum absolute atomic E-state index is 0. The molecule has 6 heteroatoms. The second-order valence-corrected chi connectivity index (χ2v) is 5.63. The summed E-state index contributed by atoms with van der Waals surface area (Å²) in [6, 6.07) is 7.72. The number of halogens is 3. The Labute approximate surface area is 123 Å². The van der Waals surface area contributed by atoms with Crippen molar-refractivity contribution >= 4 is 50.1 Å². The van der Waals surface area contributed by atoms with Crippen LogP contribution in [0.5, 0.6) is 0 Å². The Morgan fingerprint density at radius 1 is 1.56 bits per heavy atom. The van der Waals surface area contributed by atoms with Crippen LogP contribution < -0.4 is 27.3 Å². The van der Waals surface area contributed by atoms with Gasteiger partial charge in [-0.15, -0.1) is 0 Å². The third-order valence-corrected chi connectivity index (χ3v) is 4.62. The predicted molar refractivity (Wildman–Crippen MR) is 71.1 cm³/mol. The largest absolute Gasteiger partial charge is 1.00 e. The minimum Gasteiger partial charge on any atom is -1.00 e. The Bertz CT molecular complexity index is 387. The molecular weight excluding hydrogens is 375 g/mol. The summed E-state index contributed by atoms with van der Waals surface area (Å²) in [7, 11) is 0. The number of anilines is 1. The molecule has 0 amide bonds. The van der Waals surface area contributed by atoms with Crippen molar-refractivity contribution in [1.82, 2.24) is 0 Å². The topological polar surface area (TPSA) is 26.0 Å². The third-order valence-electron chi connectivity index (χ3n) is 2.03. The van der Waals surface area contributed by atoms with E-state index in [0.29, 0.717) is 5.25 Å². The highest BCUT2D eigenvalue weighted by atomic mass is 79.9. The van der Waals surface area contributed by atoms with Gasteiger partial charge in [-0.25, -0.2) is 5.32 Å². The number of hydrogen-bond acceptors (Lipinski definition) is 2. The summed E-state index contributed by atoms with van der Waals surface area (Å²) in [5.74, 6) is 0. The molecule has 2 N–H and O–H groups in total. The Kier molecular flexibility index (Phi) is 6.18. The number of nitrogens with one attached hydrogen (secondary N) is 2. The zero-order chi connectivity index (χ0) is 10.7. The highest BCUT2D eigenvalue weighted by Crippen LogP contribution is 2.19. The molecule has 1 aromatic carbocycles. The van der Waals surface area contributed by atoms with Crippen molar-refractivity contribution in [1.29, 1.82) is 0 Å². The molecule has 0 fully saturated rings. The van der Waals surface area contributed by atoms with E-state index in [9.17, 15) is 0 Å². The maximum atomic E-state index is 5.90. The first-order chi connectivity index (χ1) is 7.28. The maximum Gasteiger partial charge on any atom is 0.309 e. The van der Waals surface area contributed by atoms with Crippen LogP contribution in [0.25, 0.3) is 0 Å². The van der Waals surface area contributed by atoms with Gasteiger partial charge in [-0.05, 0) is 23.9 Å². The van der Waals surface area contributed by atoms with Crippen LogP contribution in [0.3, 0.4) is 0 Å². The van der Waals surface area contributed by atoms with Crippen molar-refractivity contribution in [2.75, 3.05) is 17.2 Å². The van der Waals surface area contributed by atoms with Crippen molar-refractivity contribution in [3.8, 4) is 0 Å². The van der Waals surface area contributed by atoms with Crippen molar-refractivity contribution in [2.45, 2.75) is 5.25 Å². The van der Waals surface area contributed by atoms with Crippen molar-refractivity contribution in [3.05, 3.63) is 29.3 Å². The lowest BCUT2D eigenvalue weighted by molar-refractivity contribution is -0.448. The molecular formula is C10H11Br2ClN2S. The lowest BCUT2D eigenvalue weighted by Gasteiger charge is -2.00. The van der Waals surface area contributed by atoms with Crippen molar-refractivity contribution < 1.29 is 22.0 Å². The zero-order valence-corrected chi connectivity index (χ0v) is 13.1. The number of hydrogen-bond donors (Lipinski definition) is 2. The Hall–Kier alpha value is 0.290. The van der Waals surface area contributed by atoms with E-state index < -0.39 is 0 Å². The molecule has 16 heavy (non-hydrogen) atoms. The van der Waals surface area contributed by atoms with E-state index in [2.05, 4.69) is 26.2 Å². The van der Waals surface area contributed by atoms with Gasteiger partial charge in [0.05, 0.1) is 11.8 Å². The van der Waals surface area contributed by atoms with Gasteiger partial charge in [0.15, 0.2) is 0 Å². The molecule has 0 aromatic heterocycles. The van der Waals surface area contributed by atoms with E-state index in [1.54, 1.807) is 0 Å². The fraction of sp³-hybridized carbons (Fsp3) is 0.300. The molecule has 1 aliphatic rings. The average molecular weight is 387 g/mol. The molecule has 2 rings (SSSR count). The van der Waals surface area contributed by atoms with Crippen LogP contribution in [0.15, 0.2) is 24.3 Å². The fourth-order valence-corrected chi connectivity index (χ4v) is 3.04. The summed E-state index contributed by atoms with van der Waals surface area (Å²) < 4.78 is 0. The summed E-state index contributed by atoms with van der Waals surface area (Å²) in [5, 5.41) is 6.77. The molecule has 0 saturated heterocycles. The first-order valence-electron chi connectivity index (χ1n) is 4.64. The number of thioether (sulfide) groups is 1. The van der Waals surface area contributed by atoms with Crippen molar-refractivity contribution in [2.24, 2.45) is 0 Å². The van der Waals surface area contributed by atoms with Gasteiger partial charge in [0.25, 0.3) is 0 Å². The molecule has 1 heterocycles. The monoisotopic (exact) mass is 384 g/mol.